The van der Waals surface area contributed by atoms with Crippen LogP contribution >= 0.6 is 23.1 Å². The van der Waals surface area contributed by atoms with Crippen molar-refractivity contribution in [2.24, 2.45) is 0 Å². The van der Waals surface area contributed by atoms with Crippen molar-refractivity contribution in [3.8, 4) is 0 Å². The number of benzene rings is 1. The van der Waals surface area contributed by atoms with Gasteiger partial charge in [0.2, 0.25) is 5.91 Å². The van der Waals surface area contributed by atoms with Gasteiger partial charge in [-0.15, -0.1) is 11.8 Å². The second-order valence-electron chi connectivity index (χ2n) is 5.02. The predicted molar refractivity (Wildman–Crippen MR) is 86.0 cm³/mol. The van der Waals surface area contributed by atoms with Gasteiger partial charge < -0.3 is 5.32 Å². The molecule has 0 radical (unpaired) electrons. The molecular weight excluding hydrogens is 304 g/mol. The predicted octanol–water partition coefficient (Wildman–Crippen LogP) is 2.57. The standard InChI is InChI=1S/C15H16N2O2S2/c1-10-9-21-15(19)17(10)8-14(18)16-12-6-7-20-13-5-3-2-4-11(12)13/h2-5,9,12H,6-8H2,1H3,(H,16,18)/t12-/m1/s1. The highest BCUT2D eigenvalue weighted by Crippen LogP contribution is 2.35. The van der Waals surface area contributed by atoms with E-state index in [0.717, 1.165) is 29.2 Å². The molecule has 0 aliphatic carbocycles. The lowest BCUT2D eigenvalue weighted by molar-refractivity contribution is -0.122. The van der Waals surface area contributed by atoms with Gasteiger partial charge in [0.25, 0.3) is 0 Å². The number of fused-ring (bicyclic) bond motifs is 1. The van der Waals surface area contributed by atoms with E-state index in [4.69, 9.17) is 0 Å². The molecule has 6 heteroatoms. The van der Waals surface area contributed by atoms with Crippen molar-refractivity contribution in [3.05, 3.63) is 50.6 Å². The smallest absolute Gasteiger partial charge is 0.307 e. The molecule has 0 bridgehead atoms. The van der Waals surface area contributed by atoms with Gasteiger partial charge in [-0.1, -0.05) is 29.5 Å². The number of aryl methyl sites for hydroxylation is 1. The molecule has 0 spiro atoms. The van der Waals surface area contributed by atoms with Gasteiger partial charge in [0.15, 0.2) is 0 Å². The van der Waals surface area contributed by atoms with Crippen LogP contribution in [0, 0.1) is 6.92 Å². The van der Waals surface area contributed by atoms with Gasteiger partial charge >= 0.3 is 4.87 Å². The van der Waals surface area contributed by atoms with Crippen LogP contribution in [0.15, 0.2) is 39.3 Å². The van der Waals surface area contributed by atoms with Crippen LogP contribution in [-0.4, -0.2) is 16.2 Å². The topological polar surface area (TPSA) is 51.1 Å². The molecule has 21 heavy (non-hydrogen) atoms. The Balaban J connectivity index is 1.73. The molecule has 0 unspecified atom stereocenters. The van der Waals surface area contributed by atoms with E-state index in [1.807, 2.05) is 30.8 Å². The summed E-state index contributed by atoms with van der Waals surface area (Å²) in [5, 5.41) is 4.84. The van der Waals surface area contributed by atoms with E-state index in [-0.39, 0.29) is 23.4 Å². The number of aromatic nitrogens is 1. The van der Waals surface area contributed by atoms with E-state index in [0.29, 0.717) is 0 Å². The van der Waals surface area contributed by atoms with Crippen LogP contribution in [0.4, 0.5) is 0 Å². The van der Waals surface area contributed by atoms with E-state index in [1.165, 1.54) is 15.0 Å². The van der Waals surface area contributed by atoms with Gasteiger partial charge in [-0.3, -0.25) is 14.2 Å². The fraction of sp³-hybridized carbons (Fsp3) is 0.333. The van der Waals surface area contributed by atoms with Crippen LogP contribution in [0.3, 0.4) is 0 Å². The van der Waals surface area contributed by atoms with E-state index in [9.17, 15) is 9.59 Å². The summed E-state index contributed by atoms with van der Waals surface area (Å²) in [5.74, 6) is 0.893. The van der Waals surface area contributed by atoms with Gasteiger partial charge in [0, 0.05) is 21.7 Å². The number of thiazole rings is 1. The molecule has 1 aromatic heterocycles. The molecule has 3 rings (SSSR count). The maximum Gasteiger partial charge on any atom is 0.307 e. The first-order valence-corrected chi connectivity index (χ1v) is 8.67. The first-order chi connectivity index (χ1) is 10.1. The van der Waals surface area contributed by atoms with E-state index in [2.05, 4.69) is 17.4 Å². The maximum atomic E-state index is 12.2. The number of carbonyl (C=O) groups is 1. The van der Waals surface area contributed by atoms with Gasteiger partial charge in [-0.2, -0.15) is 0 Å². The summed E-state index contributed by atoms with van der Waals surface area (Å²) in [4.78, 5) is 25.0. The molecule has 1 aromatic carbocycles. The molecule has 1 N–H and O–H groups in total. The number of amides is 1. The average Bonchev–Trinajstić information content (AvgIpc) is 2.79. The van der Waals surface area contributed by atoms with Crippen molar-refractivity contribution < 1.29 is 4.79 Å². The third kappa shape index (κ3) is 3.06. The van der Waals surface area contributed by atoms with Crippen LogP contribution in [0.25, 0.3) is 0 Å². The van der Waals surface area contributed by atoms with Crippen LogP contribution in [0.5, 0.6) is 0 Å². The van der Waals surface area contributed by atoms with Crippen LogP contribution in [0.2, 0.25) is 0 Å². The Hall–Kier alpha value is -1.53. The lowest BCUT2D eigenvalue weighted by Crippen LogP contribution is -2.35. The highest BCUT2D eigenvalue weighted by molar-refractivity contribution is 7.99. The number of hydrogen-bond donors (Lipinski definition) is 1. The minimum atomic E-state index is -0.106. The number of hydrogen-bond acceptors (Lipinski definition) is 4. The Kier molecular flexibility index (Phi) is 4.17. The second kappa shape index (κ2) is 6.07. The maximum absolute atomic E-state index is 12.2. The number of rotatable bonds is 3. The van der Waals surface area contributed by atoms with Gasteiger partial charge in [0.1, 0.15) is 6.54 Å². The zero-order valence-corrected chi connectivity index (χ0v) is 13.3. The summed E-state index contributed by atoms with van der Waals surface area (Å²) in [7, 11) is 0. The van der Waals surface area contributed by atoms with E-state index >= 15 is 0 Å². The molecule has 1 amide bonds. The normalized spacial score (nSPS) is 17.3. The first-order valence-electron chi connectivity index (χ1n) is 6.81. The van der Waals surface area contributed by atoms with Gasteiger partial charge in [0.05, 0.1) is 6.04 Å². The molecule has 110 valence electrons. The molecule has 2 heterocycles. The molecular formula is C15H16N2O2S2. The zero-order chi connectivity index (χ0) is 14.8. The van der Waals surface area contributed by atoms with Crippen LogP contribution in [-0.2, 0) is 11.3 Å². The molecule has 0 saturated carbocycles. The quantitative estimate of drug-likeness (QED) is 0.945. The summed E-state index contributed by atoms with van der Waals surface area (Å²) in [6.07, 6.45) is 0.922. The number of thioether (sulfide) groups is 1. The minimum absolute atomic E-state index is 0.0459. The summed E-state index contributed by atoms with van der Waals surface area (Å²) in [6, 6.07) is 8.21. The minimum Gasteiger partial charge on any atom is -0.348 e. The van der Waals surface area contributed by atoms with Crippen molar-refractivity contribution in [3.63, 3.8) is 0 Å². The Labute approximate surface area is 131 Å². The zero-order valence-electron chi connectivity index (χ0n) is 11.7. The number of nitrogens with zero attached hydrogens (tertiary/aromatic N) is 1. The summed E-state index contributed by atoms with van der Waals surface area (Å²) in [5.41, 5.74) is 2.01. The SMILES string of the molecule is Cc1csc(=O)n1CC(=O)N[C@@H]1CCSc2ccccc21. The fourth-order valence-electron chi connectivity index (χ4n) is 2.47. The second-order valence-corrected chi connectivity index (χ2v) is 6.98. The van der Waals surface area contributed by atoms with Crippen LogP contribution in [0.1, 0.15) is 23.7 Å². The lowest BCUT2D eigenvalue weighted by Gasteiger charge is -2.26. The number of carbonyl (C=O) groups excluding carboxylic acids is 1. The number of nitrogens with one attached hydrogen (secondary N) is 1. The third-order valence-electron chi connectivity index (χ3n) is 3.57. The average molecular weight is 320 g/mol. The van der Waals surface area contributed by atoms with Crippen molar-refractivity contribution in [2.75, 3.05) is 5.75 Å². The lowest BCUT2D eigenvalue weighted by atomic mass is 10.0. The molecule has 0 fully saturated rings. The first kappa shape index (κ1) is 14.4. The van der Waals surface area contributed by atoms with Crippen LogP contribution < -0.4 is 10.2 Å². The van der Waals surface area contributed by atoms with Gasteiger partial charge in [-0.05, 0) is 25.0 Å². The molecule has 0 saturated heterocycles. The molecule has 1 aliphatic heterocycles. The highest BCUT2D eigenvalue weighted by atomic mass is 32.2. The molecule has 4 nitrogen and oxygen atoms in total. The third-order valence-corrected chi connectivity index (χ3v) is 5.58. The molecule has 1 atom stereocenters. The Morgan fingerprint density at radius 2 is 2.24 bits per heavy atom. The van der Waals surface area contributed by atoms with Gasteiger partial charge in [-0.25, -0.2) is 0 Å². The molecule has 1 aliphatic rings. The Morgan fingerprint density at radius 3 is 3.00 bits per heavy atom. The fourth-order valence-corrected chi connectivity index (χ4v) is 4.33. The van der Waals surface area contributed by atoms with E-state index < -0.39 is 0 Å². The monoisotopic (exact) mass is 320 g/mol. The van der Waals surface area contributed by atoms with Crippen molar-refractivity contribution in [1.29, 1.82) is 0 Å². The van der Waals surface area contributed by atoms with Crippen molar-refractivity contribution in [2.45, 2.75) is 30.8 Å². The van der Waals surface area contributed by atoms with Crippen molar-refractivity contribution in [1.82, 2.24) is 9.88 Å². The highest BCUT2D eigenvalue weighted by Gasteiger charge is 2.22. The molecule has 2 aromatic rings. The largest absolute Gasteiger partial charge is 0.348 e. The van der Waals surface area contributed by atoms with Crippen molar-refractivity contribution >= 4 is 29.0 Å². The summed E-state index contributed by atoms with van der Waals surface area (Å²) < 4.78 is 1.52. The summed E-state index contributed by atoms with van der Waals surface area (Å²) >= 11 is 2.96. The Morgan fingerprint density at radius 1 is 1.43 bits per heavy atom. The Bertz CT molecular complexity index is 720. The summed E-state index contributed by atoms with van der Waals surface area (Å²) in [6.45, 7) is 1.94. The van der Waals surface area contributed by atoms with E-state index in [1.54, 1.807) is 5.38 Å².